The molecule has 2 aromatic heterocycles. The van der Waals surface area contributed by atoms with Crippen LogP contribution in [-0.2, 0) is 7.05 Å². The van der Waals surface area contributed by atoms with Crippen LogP contribution in [0.4, 0.5) is 17.5 Å². The average Bonchev–Trinajstić information content (AvgIpc) is 3.04. The second-order valence-electron chi connectivity index (χ2n) is 6.52. The van der Waals surface area contributed by atoms with Crippen LogP contribution in [0.25, 0.3) is 11.0 Å². The molecule has 0 saturated carbocycles. The molecule has 3 heterocycles. The van der Waals surface area contributed by atoms with Gasteiger partial charge < -0.3 is 19.9 Å². The second kappa shape index (κ2) is 6.80. The first kappa shape index (κ1) is 16.6. The van der Waals surface area contributed by atoms with Crippen molar-refractivity contribution in [2.24, 2.45) is 7.05 Å². The van der Waals surface area contributed by atoms with Crippen LogP contribution in [0.3, 0.4) is 0 Å². The maximum atomic E-state index is 5.31. The smallest absolute Gasteiger partial charge is 0.229 e. The Labute approximate surface area is 152 Å². The molecule has 136 valence electrons. The van der Waals surface area contributed by atoms with Crippen molar-refractivity contribution in [3.63, 3.8) is 0 Å². The minimum atomic E-state index is 0.736. The first-order chi connectivity index (χ1) is 12.6. The van der Waals surface area contributed by atoms with Gasteiger partial charge in [-0.15, -0.1) is 0 Å². The number of hydrogen-bond acceptors (Lipinski definition) is 7. The summed E-state index contributed by atoms with van der Waals surface area (Å²) in [5.74, 6) is 2.29. The standard InChI is InChI=1S/C18H23N7O/c1-23-7-9-25(10-8-23)18-21-16(15-12-19-24(2)17(15)22-18)20-13-5-4-6-14(11-13)26-3/h4-6,11-12H,7-10H2,1-3H3,(H,20,21,22). The lowest BCUT2D eigenvalue weighted by molar-refractivity contribution is 0.311. The van der Waals surface area contributed by atoms with Gasteiger partial charge in [0.1, 0.15) is 11.6 Å². The topological polar surface area (TPSA) is 71.3 Å². The van der Waals surface area contributed by atoms with Gasteiger partial charge in [0.05, 0.1) is 18.7 Å². The van der Waals surface area contributed by atoms with Gasteiger partial charge in [0.2, 0.25) is 5.95 Å². The lowest BCUT2D eigenvalue weighted by Crippen LogP contribution is -2.45. The summed E-state index contributed by atoms with van der Waals surface area (Å²) < 4.78 is 7.10. The molecule has 8 nitrogen and oxygen atoms in total. The molecule has 1 N–H and O–H groups in total. The molecule has 0 aliphatic carbocycles. The molecule has 4 rings (SSSR count). The van der Waals surface area contributed by atoms with Gasteiger partial charge in [-0.1, -0.05) is 6.07 Å². The minimum absolute atomic E-state index is 0.736. The van der Waals surface area contributed by atoms with Gasteiger partial charge in [-0.25, -0.2) is 0 Å². The number of fused-ring (bicyclic) bond motifs is 1. The summed E-state index contributed by atoms with van der Waals surface area (Å²) in [4.78, 5) is 14.1. The van der Waals surface area contributed by atoms with Gasteiger partial charge >= 0.3 is 0 Å². The molecule has 1 fully saturated rings. The quantitative estimate of drug-likeness (QED) is 0.768. The van der Waals surface area contributed by atoms with Crippen molar-refractivity contribution in [3.05, 3.63) is 30.5 Å². The Morgan fingerprint density at radius 3 is 2.65 bits per heavy atom. The zero-order valence-electron chi connectivity index (χ0n) is 15.3. The maximum Gasteiger partial charge on any atom is 0.229 e. The molecular formula is C18H23N7O. The lowest BCUT2D eigenvalue weighted by Gasteiger charge is -2.32. The molecule has 0 amide bonds. The van der Waals surface area contributed by atoms with Gasteiger partial charge in [0.25, 0.3) is 0 Å². The Balaban J connectivity index is 1.72. The molecule has 3 aromatic rings. The van der Waals surface area contributed by atoms with E-state index in [1.165, 1.54) is 0 Å². The Morgan fingerprint density at radius 2 is 1.88 bits per heavy atom. The molecule has 0 atom stereocenters. The van der Waals surface area contributed by atoms with E-state index in [9.17, 15) is 0 Å². The van der Waals surface area contributed by atoms with Crippen LogP contribution >= 0.6 is 0 Å². The Kier molecular flexibility index (Phi) is 4.34. The average molecular weight is 353 g/mol. The molecule has 8 heteroatoms. The fourth-order valence-electron chi connectivity index (χ4n) is 3.09. The van der Waals surface area contributed by atoms with Crippen molar-refractivity contribution in [3.8, 4) is 5.75 Å². The number of anilines is 3. The van der Waals surface area contributed by atoms with Gasteiger partial charge in [-0.3, -0.25) is 4.68 Å². The number of ether oxygens (including phenoxy) is 1. The predicted molar refractivity (Wildman–Crippen MR) is 102 cm³/mol. The number of nitrogens with zero attached hydrogens (tertiary/aromatic N) is 6. The number of aryl methyl sites for hydroxylation is 1. The van der Waals surface area contributed by atoms with Crippen LogP contribution in [-0.4, -0.2) is 65.0 Å². The summed E-state index contributed by atoms with van der Waals surface area (Å²) in [5.41, 5.74) is 1.73. The third-order valence-corrected chi connectivity index (χ3v) is 4.70. The number of nitrogens with one attached hydrogen (secondary N) is 1. The van der Waals surface area contributed by atoms with Gasteiger partial charge in [0, 0.05) is 45.0 Å². The van der Waals surface area contributed by atoms with Crippen LogP contribution in [0.1, 0.15) is 0 Å². The predicted octanol–water partition coefficient (Wildman–Crippen LogP) is 1.87. The highest BCUT2D eigenvalue weighted by Gasteiger charge is 2.20. The van der Waals surface area contributed by atoms with E-state index in [4.69, 9.17) is 14.7 Å². The molecule has 0 radical (unpaired) electrons. The van der Waals surface area contributed by atoms with E-state index >= 15 is 0 Å². The van der Waals surface area contributed by atoms with Crippen molar-refractivity contribution in [2.45, 2.75) is 0 Å². The molecule has 0 bridgehead atoms. The molecular weight excluding hydrogens is 330 g/mol. The third-order valence-electron chi connectivity index (χ3n) is 4.70. The van der Waals surface area contributed by atoms with E-state index in [-0.39, 0.29) is 0 Å². The number of rotatable bonds is 4. The molecule has 26 heavy (non-hydrogen) atoms. The molecule has 1 saturated heterocycles. The summed E-state index contributed by atoms with van der Waals surface area (Å²) in [6.07, 6.45) is 1.80. The van der Waals surface area contributed by atoms with Crippen LogP contribution in [0.2, 0.25) is 0 Å². The number of piperazine rings is 1. The molecule has 1 aliphatic heterocycles. The highest BCUT2D eigenvalue weighted by molar-refractivity contribution is 5.89. The van der Waals surface area contributed by atoms with Crippen molar-refractivity contribution in [1.29, 1.82) is 0 Å². The number of benzene rings is 1. The monoisotopic (exact) mass is 353 g/mol. The van der Waals surface area contributed by atoms with E-state index in [0.717, 1.165) is 60.4 Å². The minimum Gasteiger partial charge on any atom is -0.497 e. The van der Waals surface area contributed by atoms with Crippen LogP contribution in [0.15, 0.2) is 30.5 Å². The van der Waals surface area contributed by atoms with E-state index in [0.29, 0.717) is 0 Å². The Morgan fingerprint density at radius 1 is 1.08 bits per heavy atom. The number of methoxy groups -OCH3 is 1. The maximum absolute atomic E-state index is 5.31. The third kappa shape index (κ3) is 3.15. The summed E-state index contributed by atoms with van der Waals surface area (Å²) >= 11 is 0. The highest BCUT2D eigenvalue weighted by Crippen LogP contribution is 2.27. The van der Waals surface area contributed by atoms with Crippen molar-refractivity contribution in [2.75, 3.05) is 50.6 Å². The molecule has 1 aliphatic rings. The zero-order chi connectivity index (χ0) is 18.1. The summed E-state index contributed by atoms with van der Waals surface area (Å²) in [5, 5.41) is 8.65. The van der Waals surface area contributed by atoms with E-state index in [1.54, 1.807) is 18.0 Å². The molecule has 0 unspecified atom stereocenters. The Bertz CT molecular complexity index is 915. The zero-order valence-corrected chi connectivity index (χ0v) is 15.3. The summed E-state index contributed by atoms with van der Waals surface area (Å²) in [7, 11) is 5.70. The highest BCUT2D eigenvalue weighted by atomic mass is 16.5. The first-order valence-corrected chi connectivity index (χ1v) is 8.68. The number of aromatic nitrogens is 4. The number of likely N-dealkylation sites (N-methyl/N-ethyl adjacent to an activating group) is 1. The van der Waals surface area contributed by atoms with E-state index in [1.807, 2.05) is 31.3 Å². The van der Waals surface area contributed by atoms with Crippen LogP contribution in [0.5, 0.6) is 5.75 Å². The summed E-state index contributed by atoms with van der Waals surface area (Å²) in [6.45, 7) is 3.84. The van der Waals surface area contributed by atoms with Crippen molar-refractivity contribution >= 4 is 28.5 Å². The van der Waals surface area contributed by atoms with E-state index < -0.39 is 0 Å². The second-order valence-corrected chi connectivity index (χ2v) is 6.52. The van der Waals surface area contributed by atoms with Crippen molar-refractivity contribution in [1.82, 2.24) is 24.6 Å². The first-order valence-electron chi connectivity index (χ1n) is 8.68. The van der Waals surface area contributed by atoms with Gasteiger partial charge in [-0.2, -0.15) is 15.1 Å². The fourth-order valence-corrected chi connectivity index (χ4v) is 3.09. The normalized spacial score (nSPS) is 15.4. The lowest BCUT2D eigenvalue weighted by atomic mass is 10.3. The van der Waals surface area contributed by atoms with E-state index in [2.05, 4.69) is 27.3 Å². The Hall–Kier alpha value is -2.87. The van der Waals surface area contributed by atoms with Crippen LogP contribution < -0.4 is 15.0 Å². The van der Waals surface area contributed by atoms with Crippen molar-refractivity contribution < 1.29 is 4.74 Å². The number of hydrogen-bond donors (Lipinski definition) is 1. The largest absolute Gasteiger partial charge is 0.497 e. The van der Waals surface area contributed by atoms with Crippen LogP contribution in [0, 0.1) is 0 Å². The fraction of sp³-hybridized carbons (Fsp3) is 0.389. The van der Waals surface area contributed by atoms with Gasteiger partial charge in [0.15, 0.2) is 5.65 Å². The molecule has 0 spiro atoms. The SMILES string of the molecule is COc1cccc(Nc2nc(N3CCN(C)CC3)nc3c2cnn3C)c1. The summed E-state index contributed by atoms with van der Waals surface area (Å²) in [6, 6.07) is 7.80. The molecule has 1 aromatic carbocycles. The van der Waals surface area contributed by atoms with Gasteiger partial charge in [-0.05, 0) is 19.2 Å².